The molecule has 0 spiro atoms. The Hall–Kier alpha value is -1.32. The lowest BCUT2D eigenvalue weighted by molar-refractivity contribution is -0.154. The van der Waals surface area contributed by atoms with E-state index in [0.29, 0.717) is 25.9 Å². The fourth-order valence-electron chi connectivity index (χ4n) is 2.06. The first-order valence-electron chi connectivity index (χ1n) is 5.20. The van der Waals surface area contributed by atoms with Crippen LogP contribution in [-0.4, -0.2) is 35.0 Å². The summed E-state index contributed by atoms with van der Waals surface area (Å²) in [4.78, 5) is 24.2. The van der Waals surface area contributed by atoms with Gasteiger partial charge in [-0.1, -0.05) is 13.5 Å². The van der Waals surface area contributed by atoms with Crippen LogP contribution in [0.25, 0.3) is 0 Å². The molecule has 0 radical (unpaired) electrons. The highest BCUT2D eigenvalue weighted by Gasteiger charge is 2.41. The smallest absolute Gasteiger partial charge is 0.311 e. The first-order valence-corrected chi connectivity index (χ1v) is 5.20. The van der Waals surface area contributed by atoms with Crippen molar-refractivity contribution in [2.45, 2.75) is 26.2 Å². The van der Waals surface area contributed by atoms with Gasteiger partial charge in [0.05, 0.1) is 5.41 Å². The lowest BCUT2D eigenvalue weighted by Crippen LogP contribution is -2.49. The van der Waals surface area contributed by atoms with E-state index in [1.807, 2.05) is 6.92 Å². The van der Waals surface area contributed by atoms with E-state index in [-0.39, 0.29) is 5.91 Å². The summed E-state index contributed by atoms with van der Waals surface area (Å²) >= 11 is 0. The van der Waals surface area contributed by atoms with Crippen LogP contribution in [-0.2, 0) is 9.59 Å². The minimum atomic E-state index is -0.799. The Morgan fingerprint density at radius 1 is 1.60 bits per heavy atom. The molecule has 84 valence electrons. The number of carbonyl (C=O) groups excluding carboxylic acids is 1. The van der Waals surface area contributed by atoms with Gasteiger partial charge in [0.15, 0.2) is 0 Å². The van der Waals surface area contributed by atoms with E-state index in [1.54, 1.807) is 4.90 Å². The van der Waals surface area contributed by atoms with Crippen LogP contribution in [0.5, 0.6) is 0 Å². The van der Waals surface area contributed by atoms with Crippen molar-refractivity contribution in [3.05, 3.63) is 12.7 Å². The van der Waals surface area contributed by atoms with Crippen molar-refractivity contribution in [3.63, 3.8) is 0 Å². The molecule has 4 nitrogen and oxygen atoms in total. The summed E-state index contributed by atoms with van der Waals surface area (Å²) in [6.45, 7) is 6.22. The molecule has 1 N–H and O–H groups in total. The summed E-state index contributed by atoms with van der Waals surface area (Å²) in [5.74, 6) is -0.972. The molecular weight excluding hydrogens is 194 g/mol. The summed E-state index contributed by atoms with van der Waals surface area (Å²) in [7, 11) is 0. The third-order valence-corrected chi connectivity index (χ3v) is 3.19. The highest BCUT2D eigenvalue weighted by Crippen LogP contribution is 2.33. The number of hydrogen-bond acceptors (Lipinski definition) is 2. The molecule has 0 saturated carbocycles. The molecule has 1 amide bonds. The summed E-state index contributed by atoms with van der Waals surface area (Å²) in [5.41, 5.74) is -0.753. The quantitative estimate of drug-likeness (QED) is 0.715. The van der Waals surface area contributed by atoms with E-state index in [2.05, 4.69) is 6.58 Å². The van der Waals surface area contributed by atoms with Gasteiger partial charge in [0.2, 0.25) is 5.91 Å². The lowest BCUT2D eigenvalue weighted by atomic mass is 9.77. The fourth-order valence-corrected chi connectivity index (χ4v) is 2.06. The topological polar surface area (TPSA) is 57.6 Å². The monoisotopic (exact) mass is 211 g/mol. The second-order valence-electron chi connectivity index (χ2n) is 4.01. The SMILES string of the molecule is C=CC(=O)N1CCCC(CC)(C(=O)O)C1. The number of likely N-dealkylation sites (tertiary alicyclic amines) is 1. The van der Waals surface area contributed by atoms with E-state index < -0.39 is 11.4 Å². The predicted octanol–water partition coefficient (Wildman–Crippen LogP) is 1.28. The van der Waals surface area contributed by atoms with Gasteiger partial charge in [-0.05, 0) is 25.3 Å². The number of rotatable bonds is 3. The third-order valence-electron chi connectivity index (χ3n) is 3.19. The van der Waals surface area contributed by atoms with Crippen LogP contribution < -0.4 is 0 Å². The average Bonchev–Trinajstić information content (AvgIpc) is 2.27. The van der Waals surface area contributed by atoms with E-state index in [9.17, 15) is 14.7 Å². The molecule has 1 saturated heterocycles. The molecule has 0 aliphatic carbocycles. The van der Waals surface area contributed by atoms with Crippen molar-refractivity contribution in [1.29, 1.82) is 0 Å². The standard InChI is InChI=1S/C11H17NO3/c1-3-9(13)12-7-5-6-11(4-2,8-12)10(14)15/h3H,1,4-8H2,2H3,(H,14,15). The van der Waals surface area contributed by atoms with Crippen molar-refractivity contribution in [2.75, 3.05) is 13.1 Å². The molecule has 1 aliphatic rings. The van der Waals surface area contributed by atoms with Crippen LogP contribution >= 0.6 is 0 Å². The van der Waals surface area contributed by atoms with Gasteiger partial charge in [-0.3, -0.25) is 9.59 Å². The minimum absolute atomic E-state index is 0.172. The molecule has 1 atom stereocenters. The second-order valence-corrected chi connectivity index (χ2v) is 4.01. The van der Waals surface area contributed by atoms with Crippen LogP contribution in [0.1, 0.15) is 26.2 Å². The number of carboxylic acids is 1. The van der Waals surface area contributed by atoms with Crippen LogP contribution in [0.2, 0.25) is 0 Å². The fraction of sp³-hybridized carbons (Fsp3) is 0.636. The van der Waals surface area contributed by atoms with Crippen molar-refractivity contribution < 1.29 is 14.7 Å². The third kappa shape index (κ3) is 2.19. The minimum Gasteiger partial charge on any atom is -0.481 e. The molecule has 4 heteroatoms. The van der Waals surface area contributed by atoms with Gasteiger partial charge in [0.1, 0.15) is 0 Å². The maximum Gasteiger partial charge on any atom is 0.311 e. The predicted molar refractivity (Wildman–Crippen MR) is 56.4 cm³/mol. The number of nitrogens with zero attached hydrogens (tertiary/aromatic N) is 1. The summed E-state index contributed by atoms with van der Waals surface area (Å²) in [6.07, 6.45) is 3.20. The van der Waals surface area contributed by atoms with Crippen LogP contribution in [0.3, 0.4) is 0 Å². The van der Waals surface area contributed by atoms with E-state index in [4.69, 9.17) is 0 Å². The van der Waals surface area contributed by atoms with Crippen molar-refractivity contribution in [3.8, 4) is 0 Å². The van der Waals surface area contributed by atoms with E-state index >= 15 is 0 Å². The Labute approximate surface area is 89.6 Å². The normalized spacial score (nSPS) is 26.1. The maximum absolute atomic E-state index is 11.4. The number of aliphatic carboxylic acids is 1. The number of hydrogen-bond donors (Lipinski definition) is 1. The first kappa shape index (κ1) is 11.8. The van der Waals surface area contributed by atoms with E-state index in [1.165, 1.54) is 6.08 Å². The zero-order valence-corrected chi connectivity index (χ0v) is 9.03. The Morgan fingerprint density at radius 2 is 2.27 bits per heavy atom. The number of amides is 1. The molecule has 1 heterocycles. The largest absolute Gasteiger partial charge is 0.481 e. The molecule has 1 unspecified atom stereocenters. The Balaban J connectivity index is 2.81. The Kier molecular flexibility index (Phi) is 3.50. The number of carboxylic acid groups (broad SMARTS) is 1. The number of piperidine rings is 1. The zero-order chi connectivity index (χ0) is 11.5. The Bertz CT molecular complexity index is 288. The van der Waals surface area contributed by atoms with Gasteiger partial charge in [-0.15, -0.1) is 0 Å². The second kappa shape index (κ2) is 4.47. The molecular formula is C11H17NO3. The van der Waals surface area contributed by atoms with E-state index in [0.717, 1.165) is 6.42 Å². The summed E-state index contributed by atoms with van der Waals surface area (Å²) in [5, 5.41) is 9.20. The molecule has 0 aromatic heterocycles. The molecule has 0 aromatic carbocycles. The molecule has 15 heavy (non-hydrogen) atoms. The maximum atomic E-state index is 11.4. The highest BCUT2D eigenvalue weighted by molar-refractivity contribution is 5.88. The highest BCUT2D eigenvalue weighted by atomic mass is 16.4. The van der Waals surface area contributed by atoms with Gasteiger partial charge < -0.3 is 10.0 Å². The van der Waals surface area contributed by atoms with Crippen LogP contribution in [0.15, 0.2) is 12.7 Å². The first-order chi connectivity index (χ1) is 7.05. The molecule has 1 rings (SSSR count). The van der Waals surface area contributed by atoms with Crippen molar-refractivity contribution >= 4 is 11.9 Å². The molecule has 0 bridgehead atoms. The Morgan fingerprint density at radius 3 is 2.73 bits per heavy atom. The van der Waals surface area contributed by atoms with Gasteiger partial charge in [-0.2, -0.15) is 0 Å². The molecule has 1 fully saturated rings. The zero-order valence-electron chi connectivity index (χ0n) is 9.03. The summed E-state index contributed by atoms with van der Waals surface area (Å²) < 4.78 is 0. The average molecular weight is 211 g/mol. The van der Waals surface area contributed by atoms with Gasteiger partial charge in [0, 0.05) is 13.1 Å². The molecule has 0 aromatic rings. The van der Waals surface area contributed by atoms with Gasteiger partial charge in [0.25, 0.3) is 0 Å². The summed E-state index contributed by atoms with van der Waals surface area (Å²) in [6, 6.07) is 0. The van der Waals surface area contributed by atoms with Gasteiger partial charge in [-0.25, -0.2) is 0 Å². The van der Waals surface area contributed by atoms with Crippen LogP contribution in [0, 0.1) is 5.41 Å². The van der Waals surface area contributed by atoms with Crippen molar-refractivity contribution in [1.82, 2.24) is 4.90 Å². The lowest BCUT2D eigenvalue weighted by Gasteiger charge is -2.38. The van der Waals surface area contributed by atoms with Gasteiger partial charge >= 0.3 is 5.97 Å². The molecule has 1 aliphatic heterocycles. The van der Waals surface area contributed by atoms with Crippen molar-refractivity contribution in [2.24, 2.45) is 5.41 Å². The van der Waals surface area contributed by atoms with Crippen LogP contribution in [0.4, 0.5) is 0 Å². The number of carbonyl (C=O) groups is 2.